The van der Waals surface area contributed by atoms with Crippen molar-refractivity contribution in [1.29, 1.82) is 0 Å². The topological polar surface area (TPSA) is 77.0 Å². The van der Waals surface area contributed by atoms with Crippen LogP contribution in [0.3, 0.4) is 0 Å². The summed E-state index contributed by atoms with van der Waals surface area (Å²) < 4.78 is 15.1. The number of anilines is 1. The summed E-state index contributed by atoms with van der Waals surface area (Å²) in [5.74, 6) is -0.381. The highest BCUT2D eigenvalue weighted by atomic mass is 16.6. The molecule has 0 bridgehead atoms. The van der Waals surface area contributed by atoms with Gasteiger partial charge in [-0.05, 0) is 24.3 Å². The fourth-order valence-electron chi connectivity index (χ4n) is 1.45. The van der Waals surface area contributed by atoms with Crippen molar-refractivity contribution in [1.82, 2.24) is 0 Å². The molecular formula is C14H21NO5. The molecule has 0 aliphatic carbocycles. The van der Waals surface area contributed by atoms with Crippen molar-refractivity contribution < 1.29 is 24.1 Å². The van der Waals surface area contributed by atoms with Crippen LogP contribution in [0.4, 0.5) is 5.69 Å². The van der Waals surface area contributed by atoms with Gasteiger partial charge in [-0.2, -0.15) is 0 Å². The zero-order chi connectivity index (χ0) is 14.6. The first-order valence-electron chi connectivity index (χ1n) is 6.46. The van der Waals surface area contributed by atoms with Crippen LogP contribution in [-0.4, -0.2) is 57.8 Å². The molecule has 0 saturated heterocycles. The van der Waals surface area contributed by atoms with E-state index < -0.39 is 0 Å². The van der Waals surface area contributed by atoms with Gasteiger partial charge in [0, 0.05) is 19.3 Å². The molecule has 0 radical (unpaired) electrons. The number of esters is 1. The Morgan fingerprint density at radius 3 is 2.50 bits per heavy atom. The molecule has 1 aromatic rings. The number of aliphatic hydroxyl groups excluding tert-OH is 1. The maximum Gasteiger partial charge on any atom is 0.338 e. The lowest BCUT2D eigenvalue weighted by molar-refractivity contribution is 0.0214. The smallest absolute Gasteiger partial charge is 0.338 e. The molecule has 6 nitrogen and oxygen atoms in total. The van der Waals surface area contributed by atoms with Crippen LogP contribution in [0.1, 0.15) is 10.4 Å². The number of aliphatic hydroxyl groups is 1. The summed E-state index contributed by atoms with van der Waals surface area (Å²) in [7, 11) is 1.60. The van der Waals surface area contributed by atoms with Crippen LogP contribution in [0, 0.1) is 0 Å². The summed E-state index contributed by atoms with van der Waals surface area (Å²) in [6.07, 6.45) is 0. The Morgan fingerprint density at radius 2 is 1.85 bits per heavy atom. The number of nitrogens with one attached hydrogen (secondary N) is 1. The zero-order valence-corrected chi connectivity index (χ0v) is 11.6. The van der Waals surface area contributed by atoms with Crippen molar-refractivity contribution in [3.05, 3.63) is 29.8 Å². The Hall–Kier alpha value is -1.63. The number of carbonyl (C=O) groups excluding carboxylic acids is 1. The normalized spacial score (nSPS) is 10.3. The molecule has 1 aromatic carbocycles. The van der Waals surface area contributed by atoms with Crippen LogP contribution < -0.4 is 5.32 Å². The minimum atomic E-state index is -0.381. The predicted molar refractivity (Wildman–Crippen MR) is 75.0 cm³/mol. The number of methoxy groups -OCH3 is 1. The van der Waals surface area contributed by atoms with Crippen LogP contribution in [0.25, 0.3) is 0 Å². The maximum absolute atomic E-state index is 11.7. The molecule has 0 aliphatic rings. The highest BCUT2D eigenvalue weighted by Crippen LogP contribution is 2.10. The Morgan fingerprint density at radius 1 is 1.15 bits per heavy atom. The minimum absolute atomic E-state index is 0.0624. The fraction of sp³-hybridized carbons (Fsp3) is 0.500. The molecule has 112 valence electrons. The van der Waals surface area contributed by atoms with Crippen LogP contribution in [0.15, 0.2) is 24.3 Å². The van der Waals surface area contributed by atoms with Crippen molar-refractivity contribution in [2.75, 3.05) is 52.0 Å². The van der Waals surface area contributed by atoms with E-state index in [0.29, 0.717) is 31.9 Å². The van der Waals surface area contributed by atoms with Gasteiger partial charge in [-0.25, -0.2) is 4.79 Å². The lowest BCUT2D eigenvalue weighted by atomic mass is 10.2. The molecule has 1 rings (SSSR count). The average molecular weight is 283 g/mol. The van der Waals surface area contributed by atoms with Gasteiger partial charge in [-0.3, -0.25) is 0 Å². The minimum Gasteiger partial charge on any atom is -0.460 e. The molecule has 0 aromatic heterocycles. The fourth-order valence-corrected chi connectivity index (χ4v) is 1.45. The molecule has 2 N–H and O–H groups in total. The van der Waals surface area contributed by atoms with Gasteiger partial charge >= 0.3 is 5.97 Å². The van der Waals surface area contributed by atoms with Crippen LogP contribution in [-0.2, 0) is 14.2 Å². The monoisotopic (exact) mass is 283 g/mol. The molecule has 0 aliphatic heterocycles. The molecule has 0 unspecified atom stereocenters. The number of hydrogen-bond acceptors (Lipinski definition) is 6. The van der Waals surface area contributed by atoms with Gasteiger partial charge in [0.2, 0.25) is 0 Å². The van der Waals surface area contributed by atoms with E-state index in [1.54, 1.807) is 31.4 Å². The van der Waals surface area contributed by atoms with E-state index in [-0.39, 0.29) is 19.2 Å². The molecule has 0 fully saturated rings. The van der Waals surface area contributed by atoms with Crippen LogP contribution in [0.2, 0.25) is 0 Å². The first kappa shape index (κ1) is 16.4. The molecule has 20 heavy (non-hydrogen) atoms. The first-order valence-corrected chi connectivity index (χ1v) is 6.46. The van der Waals surface area contributed by atoms with Crippen molar-refractivity contribution in [2.24, 2.45) is 0 Å². The van der Waals surface area contributed by atoms with Crippen molar-refractivity contribution in [3.63, 3.8) is 0 Å². The number of rotatable bonds is 10. The molecule has 0 amide bonds. The van der Waals surface area contributed by atoms with Crippen LogP contribution in [0.5, 0.6) is 0 Å². The second-order valence-corrected chi connectivity index (χ2v) is 3.97. The number of ether oxygens (including phenoxy) is 3. The molecular weight excluding hydrogens is 262 g/mol. The van der Waals surface area contributed by atoms with E-state index in [0.717, 1.165) is 5.69 Å². The summed E-state index contributed by atoms with van der Waals surface area (Å²) in [5, 5.41) is 11.7. The summed E-state index contributed by atoms with van der Waals surface area (Å²) >= 11 is 0. The standard InChI is InChI=1S/C14H21NO5/c1-18-8-9-19-10-11-20-14(17)12-2-4-13(5-3-12)15-6-7-16/h2-5,15-16H,6-11H2,1H3. The lowest BCUT2D eigenvalue weighted by Gasteiger charge is -2.07. The van der Waals surface area contributed by atoms with E-state index in [4.69, 9.17) is 19.3 Å². The Bertz CT molecular complexity index is 380. The molecule has 0 atom stereocenters. The highest BCUT2D eigenvalue weighted by molar-refractivity contribution is 5.89. The van der Waals surface area contributed by atoms with E-state index in [1.807, 2.05) is 0 Å². The van der Waals surface area contributed by atoms with Gasteiger partial charge in [0.1, 0.15) is 6.61 Å². The van der Waals surface area contributed by atoms with Gasteiger partial charge in [-0.1, -0.05) is 0 Å². The van der Waals surface area contributed by atoms with E-state index in [2.05, 4.69) is 5.32 Å². The zero-order valence-electron chi connectivity index (χ0n) is 11.6. The molecule has 0 saturated carbocycles. The Labute approximate surface area is 118 Å². The number of benzene rings is 1. The number of hydrogen-bond donors (Lipinski definition) is 2. The molecule has 6 heteroatoms. The van der Waals surface area contributed by atoms with Crippen molar-refractivity contribution in [2.45, 2.75) is 0 Å². The Balaban J connectivity index is 2.25. The van der Waals surface area contributed by atoms with Gasteiger partial charge in [-0.15, -0.1) is 0 Å². The third kappa shape index (κ3) is 6.51. The van der Waals surface area contributed by atoms with Gasteiger partial charge in [0.15, 0.2) is 0 Å². The predicted octanol–water partition coefficient (Wildman–Crippen LogP) is 0.911. The van der Waals surface area contributed by atoms with Crippen molar-refractivity contribution in [3.8, 4) is 0 Å². The highest BCUT2D eigenvalue weighted by Gasteiger charge is 2.06. The summed E-state index contributed by atoms with van der Waals surface area (Å²) in [6, 6.07) is 6.88. The Kier molecular flexibility index (Phi) is 8.37. The third-order valence-electron chi connectivity index (χ3n) is 2.45. The SMILES string of the molecule is COCCOCCOC(=O)c1ccc(NCCO)cc1. The largest absolute Gasteiger partial charge is 0.460 e. The second-order valence-electron chi connectivity index (χ2n) is 3.97. The van der Waals surface area contributed by atoms with E-state index in [9.17, 15) is 4.79 Å². The lowest BCUT2D eigenvalue weighted by Crippen LogP contribution is -2.12. The summed E-state index contributed by atoms with van der Waals surface area (Å²) in [4.78, 5) is 11.7. The van der Waals surface area contributed by atoms with Gasteiger partial charge < -0.3 is 24.6 Å². The van der Waals surface area contributed by atoms with Crippen LogP contribution >= 0.6 is 0 Å². The molecule has 0 spiro atoms. The average Bonchev–Trinajstić information content (AvgIpc) is 2.49. The van der Waals surface area contributed by atoms with Gasteiger partial charge in [0.05, 0.1) is 32.0 Å². The summed E-state index contributed by atoms with van der Waals surface area (Å²) in [6.45, 7) is 2.11. The second kappa shape index (κ2) is 10.2. The summed E-state index contributed by atoms with van der Waals surface area (Å²) in [5.41, 5.74) is 1.33. The van der Waals surface area contributed by atoms with E-state index >= 15 is 0 Å². The van der Waals surface area contributed by atoms with E-state index in [1.165, 1.54) is 0 Å². The van der Waals surface area contributed by atoms with Crippen molar-refractivity contribution >= 4 is 11.7 Å². The molecule has 0 heterocycles. The number of carbonyl (C=O) groups is 1. The quantitative estimate of drug-likeness (QED) is 0.491. The first-order chi connectivity index (χ1) is 9.77. The van der Waals surface area contributed by atoms with Gasteiger partial charge in [0.25, 0.3) is 0 Å². The maximum atomic E-state index is 11.7. The third-order valence-corrected chi connectivity index (χ3v) is 2.45.